The summed E-state index contributed by atoms with van der Waals surface area (Å²) in [6.07, 6.45) is 5.31. The van der Waals surface area contributed by atoms with Gasteiger partial charge in [-0.2, -0.15) is 4.98 Å². The number of aromatic amines is 1. The minimum atomic E-state index is -0.256. The lowest BCUT2D eigenvalue weighted by Crippen LogP contribution is -2.24. The average Bonchev–Trinajstić information content (AvgIpc) is 2.83. The highest BCUT2D eigenvalue weighted by Gasteiger charge is 2.09. The third kappa shape index (κ3) is 5.38. The van der Waals surface area contributed by atoms with Crippen molar-refractivity contribution >= 4 is 22.3 Å². The SMILES string of the molecule is CC(CCc1ccc(N(C)c2ccc(Oc3nc4cnccc4c(=O)[nH]3)cc2)cc1)N(C)C. The molecule has 0 saturated heterocycles. The van der Waals surface area contributed by atoms with Crippen LogP contribution in [-0.4, -0.2) is 47.0 Å². The van der Waals surface area contributed by atoms with E-state index in [1.165, 1.54) is 5.56 Å². The molecule has 0 saturated carbocycles. The first kappa shape index (κ1) is 22.5. The van der Waals surface area contributed by atoms with E-state index in [-0.39, 0.29) is 11.6 Å². The minimum absolute atomic E-state index is 0.140. The van der Waals surface area contributed by atoms with E-state index in [1.54, 1.807) is 18.5 Å². The summed E-state index contributed by atoms with van der Waals surface area (Å²) in [6, 6.07) is 18.7. The molecule has 4 aromatic rings. The molecule has 1 N–H and O–H groups in total. The Hall–Kier alpha value is -3.71. The van der Waals surface area contributed by atoms with Crippen LogP contribution in [0.5, 0.6) is 11.8 Å². The van der Waals surface area contributed by atoms with Crippen molar-refractivity contribution in [1.82, 2.24) is 19.9 Å². The molecule has 0 bridgehead atoms. The molecule has 0 aliphatic heterocycles. The summed E-state index contributed by atoms with van der Waals surface area (Å²) in [5, 5.41) is 0.479. The predicted molar refractivity (Wildman–Crippen MR) is 133 cm³/mol. The van der Waals surface area contributed by atoms with E-state index in [4.69, 9.17) is 4.74 Å². The molecule has 0 radical (unpaired) electrons. The largest absolute Gasteiger partial charge is 0.426 e. The van der Waals surface area contributed by atoms with Crippen LogP contribution in [0.2, 0.25) is 0 Å². The van der Waals surface area contributed by atoms with Crippen molar-refractivity contribution in [3.63, 3.8) is 0 Å². The molecule has 7 heteroatoms. The number of ether oxygens (including phenoxy) is 1. The van der Waals surface area contributed by atoms with Crippen molar-refractivity contribution in [3.8, 4) is 11.8 Å². The number of anilines is 2. The van der Waals surface area contributed by atoms with Crippen LogP contribution in [0.1, 0.15) is 18.9 Å². The Kier molecular flexibility index (Phi) is 6.70. The van der Waals surface area contributed by atoms with Crippen LogP contribution < -0.4 is 15.2 Å². The zero-order valence-electron chi connectivity index (χ0n) is 19.4. The summed E-state index contributed by atoms with van der Waals surface area (Å²) < 4.78 is 5.77. The van der Waals surface area contributed by atoms with Gasteiger partial charge in [0.2, 0.25) is 0 Å². The fourth-order valence-corrected chi connectivity index (χ4v) is 3.54. The number of rotatable bonds is 8. The van der Waals surface area contributed by atoms with Gasteiger partial charge in [0.15, 0.2) is 0 Å². The lowest BCUT2D eigenvalue weighted by Gasteiger charge is -2.21. The molecule has 7 nitrogen and oxygen atoms in total. The lowest BCUT2D eigenvalue weighted by atomic mass is 10.1. The number of nitrogens with zero attached hydrogens (tertiary/aromatic N) is 4. The van der Waals surface area contributed by atoms with Gasteiger partial charge in [0.25, 0.3) is 5.56 Å². The molecule has 2 aromatic heterocycles. The number of nitrogens with one attached hydrogen (secondary N) is 1. The summed E-state index contributed by atoms with van der Waals surface area (Å²) in [5.74, 6) is 0.587. The van der Waals surface area contributed by atoms with Crippen molar-refractivity contribution in [2.45, 2.75) is 25.8 Å². The summed E-state index contributed by atoms with van der Waals surface area (Å²) in [4.78, 5) is 27.6. The van der Waals surface area contributed by atoms with Crippen molar-refractivity contribution in [1.29, 1.82) is 0 Å². The van der Waals surface area contributed by atoms with Gasteiger partial charge in [0.05, 0.1) is 17.1 Å². The van der Waals surface area contributed by atoms with Gasteiger partial charge in [-0.25, -0.2) is 0 Å². The van der Waals surface area contributed by atoms with Crippen molar-refractivity contribution in [2.24, 2.45) is 0 Å². The van der Waals surface area contributed by atoms with E-state index in [9.17, 15) is 4.79 Å². The fourth-order valence-electron chi connectivity index (χ4n) is 3.54. The molecular weight excluding hydrogens is 414 g/mol. The van der Waals surface area contributed by atoms with E-state index < -0.39 is 0 Å². The summed E-state index contributed by atoms with van der Waals surface area (Å²) in [7, 11) is 6.27. The highest BCUT2D eigenvalue weighted by molar-refractivity contribution is 5.76. The number of H-pyrrole nitrogens is 1. The van der Waals surface area contributed by atoms with Gasteiger partial charge < -0.3 is 14.5 Å². The quantitative estimate of drug-likeness (QED) is 0.423. The van der Waals surface area contributed by atoms with E-state index >= 15 is 0 Å². The van der Waals surface area contributed by atoms with Crippen molar-refractivity contribution in [2.75, 3.05) is 26.0 Å². The maximum atomic E-state index is 12.2. The predicted octanol–water partition coefficient (Wildman–Crippen LogP) is 4.76. The van der Waals surface area contributed by atoms with Crippen LogP contribution in [0.15, 0.2) is 71.8 Å². The van der Waals surface area contributed by atoms with Gasteiger partial charge in [0, 0.05) is 30.7 Å². The molecule has 1 atom stereocenters. The van der Waals surface area contributed by atoms with E-state index in [0.29, 0.717) is 22.7 Å². The third-order valence-electron chi connectivity index (χ3n) is 5.98. The first-order valence-electron chi connectivity index (χ1n) is 11.0. The number of pyridine rings is 1. The highest BCUT2D eigenvalue weighted by Crippen LogP contribution is 2.27. The second-order valence-electron chi connectivity index (χ2n) is 8.44. The fraction of sp³-hybridized carbons (Fsp3) is 0.269. The molecular formula is C26H29N5O2. The van der Waals surface area contributed by atoms with Gasteiger partial charge >= 0.3 is 6.01 Å². The van der Waals surface area contributed by atoms with Crippen LogP contribution >= 0.6 is 0 Å². The number of hydrogen-bond acceptors (Lipinski definition) is 6. The Bertz CT molecular complexity index is 1270. The standard InChI is InChI=1S/C26H29N5O2/c1-18(30(2)3)5-6-19-7-9-20(10-8-19)31(4)21-11-13-22(14-12-21)33-26-28-24-17-27-16-15-23(24)25(32)29-26/h7-18H,5-6H2,1-4H3,(H,28,29,32). The molecule has 0 aliphatic rings. The first-order valence-corrected chi connectivity index (χ1v) is 11.0. The van der Waals surface area contributed by atoms with Gasteiger partial charge in [-0.05, 0) is 81.9 Å². The smallest absolute Gasteiger partial charge is 0.302 e. The van der Waals surface area contributed by atoms with Crippen LogP contribution in [0, 0.1) is 0 Å². The zero-order valence-corrected chi connectivity index (χ0v) is 19.4. The van der Waals surface area contributed by atoms with E-state index in [1.807, 2.05) is 31.3 Å². The van der Waals surface area contributed by atoms with Gasteiger partial charge in [-0.15, -0.1) is 0 Å². The molecule has 4 rings (SSSR count). The third-order valence-corrected chi connectivity index (χ3v) is 5.98. The second kappa shape index (κ2) is 9.83. The molecule has 33 heavy (non-hydrogen) atoms. The Morgan fingerprint density at radius 2 is 1.64 bits per heavy atom. The Balaban J connectivity index is 1.42. The maximum Gasteiger partial charge on any atom is 0.302 e. The topological polar surface area (TPSA) is 74.3 Å². The van der Waals surface area contributed by atoms with Gasteiger partial charge in [-0.1, -0.05) is 12.1 Å². The summed E-state index contributed by atoms with van der Waals surface area (Å²) >= 11 is 0. The Morgan fingerprint density at radius 1 is 0.970 bits per heavy atom. The van der Waals surface area contributed by atoms with Gasteiger partial charge in [0.1, 0.15) is 5.75 Å². The molecule has 170 valence electrons. The molecule has 0 spiro atoms. The van der Waals surface area contributed by atoms with Gasteiger partial charge in [-0.3, -0.25) is 14.8 Å². The van der Waals surface area contributed by atoms with Crippen LogP contribution in [0.4, 0.5) is 11.4 Å². The van der Waals surface area contributed by atoms with Crippen LogP contribution in [0.25, 0.3) is 10.9 Å². The normalized spacial score (nSPS) is 12.2. The molecule has 0 fully saturated rings. The summed E-state index contributed by atoms with van der Waals surface area (Å²) in [6.45, 7) is 2.25. The zero-order chi connectivity index (χ0) is 23.4. The molecule has 1 unspecified atom stereocenters. The first-order chi connectivity index (χ1) is 15.9. The Labute approximate surface area is 193 Å². The molecule has 0 aliphatic carbocycles. The monoisotopic (exact) mass is 443 g/mol. The number of aryl methyl sites for hydroxylation is 1. The summed E-state index contributed by atoms with van der Waals surface area (Å²) in [5.41, 5.74) is 3.72. The molecule has 2 heterocycles. The van der Waals surface area contributed by atoms with Crippen molar-refractivity contribution < 1.29 is 4.74 Å². The maximum absolute atomic E-state index is 12.2. The molecule has 0 amide bonds. The number of aromatic nitrogens is 3. The van der Waals surface area contributed by atoms with Crippen LogP contribution in [-0.2, 0) is 6.42 Å². The number of fused-ring (bicyclic) bond motifs is 1. The lowest BCUT2D eigenvalue weighted by molar-refractivity contribution is 0.299. The van der Waals surface area contributed by atoms with Crippen LogP contribution in [0.3, 0.4) is 0 Å². The number of hydrogen-bond donors (Lipinski definition) is 1. The van der Waals surface area contributed by atoms with Crippen molar-refractivity contribution in [3.05, 3.63) is 82.9 Å². The molecule has 2 aromatic carbocycles. The van der Waals surface area contributed by atoms with E-state index in [0.717, 1.165) is 24.2 Å². The highest BCUT2D eigenvalue weighted by atomic mass is 16.5. The minimum Gasteiger partial charge on any atom is -0.426 e. The average molecular weight is 444 g/mol. The van der Waals surface area contributed by atoms with E-state index in [2.05, 4.69) is 70.0 Å². The Morgan fingerprint density at radius 3 is 2.30 bits per heavy atom. The second-order valence-corrected chi connectivity index (χ2v) is 8.44. The number of benzene rings is 2.